The smallest absolute Gasteiger partial charge is 0.124 e. The summed E-state index contributed by atoms with van der Waals surface area (Å²) in [6.45, 7) is 4.30. The molecule has 0 aliphatic rings. The fraction of sp³-hybridized carbons (Fsp3) is 0.100. The van der Waals surface area contributed by atoms with Crippen LogP contribution in [-0.2, 0) is 0 Å². The van der Waals surface area contributed by atoms with Crippen molar-refractivity contribution in [3.05, 3.63) is 70.7 Å². The number of nitrogens with zero attached hydrogens (tertiary/aromatic N) is 2. The highest BCUT2D eigenvalue weighted by Gasteiger charge is 2.17. The predicted octanol–water partition coefficient (Wildman–Crippen LogP) is 6.22. The van der Waals surface area contributed by atoms with Gasteiger partial charge in [-0.3, -0.25) is 0 Å². The Morgan fingerprint density at radius 3 is 1.50 bits per heavy atom. The average molecular weight is 348 g/mol. The maximum Gasteiger partial charge on any atom is 0.124 e. The van der Waals surface area contributed by atoms with Crippen molar-refractivity contribution in [3.8, 4) is 32.3 Å². The van der Waals surface area contributed by atoms with E-state index in [1.54, 1.807) is 22.7 Å². The van der Waals surface area contributed by atoms with Crippen LogP contribution in [0.15, 0.2) is 59.6 Å². The minimum atomic E-state index is 1.06. The molecule has 0 atom stereocenters. The van der Waals surface area contributed by atoms with E-state index < -0.39 is 0 Å². The molecule has 2 aromatic heterocycles. The lowest BCUT2D eigenvalue weighted by atomic mass is 9.91. The first kappa shape index (κ1) is 15.2. The van der Waals surface area contributed by atoms with Crippen molar-refractivity contribution in [1.29, 1.82) is 0 Å². The van der Waals surface area contributed by atoms with Crippen LogP contribution in [0.1, 0.15) is 11.1 Å². The van der Waals surface area contributed by atoms with Crippen LogP contribution in [0.4, 0.5) is 0 Å². The van der Waals surface area contributed by atoms with Crippen LogP contribution in [0.3, 0.4) is 0 Å². The van der Waals surface area contributed by atoms with Crippen LogP contribution in [-0.4, -0.2) is 9.97 Å². The van der Waals surface area contributed by atoms with E-state index in [9.17, 15) is 0 Å². The predicted molar refractivity (Wildman–Crippen MR) is 104 cm³/mol. The third-order valence-corrected chi connectivity index (χ3v) is 5.71. The second-order valence-corrected chi connectivity index (χ2v) is 7.46. The van der Waals surface area contributed by atoms with E-state index in [4.69, 9.17) is 0 Å². The van der Waals surface area contributed by atoms with Crippen molar-refractivity contribution in [2.24, 2.45) is 0 Å². The minimum Gasteiger partial charge on any atom is -0.245 e. The number of thiazole rings is 2. The second kappa shape index (κ2) is 6.30. The number of hydrogen-bond donors (Lipinski definition) is 0. The number of aryl methyl sites for hydroxylation is 2. The zero-order chi connectivity index (χ0) is 16.5. The van der Waals surface area contributed by atoms with Gasteiger partial charge in [-0.1, -0.05) is 36.4 Å². The lowest BCUT2D eigenvalue weighted by Crippen LogP contribution is -1.93. The Bertz CT molecular complexity index is 889. The van der Waals surface area contributed by atoms with E-state index in [0.717, 1.165) is 10.0 Å². The monoisotopic (exact) mass is 348 g/mol. The highest BCUT2D eigenvalue weighted by molar-refractivity contribution is 7.13. The molecule has 0 amide bonds. The number of benzene rings is 2. The summed E-state index contributed by atoms with van der Waals surface area (Å²) in [7, 11) is 0. The molecule has 0 N–H and O–H groups in total. The van der Waals surface area contributed by atoms with E-state index >= 15 is 0 Å². The van der Waals surface area contributed by atoms with Crippen LogP contribution in [0, 0.1) is 13.8 Å². The molecule has 24 heavy (non-hydrogen) atoms. The molecule has 0 bridgehead atoms. The Morgan fingerprint density at radius 1 is 0.667 bits per heavy atom. The van der Waals surface area contributed by atoms with Gasteiger partial charge in [0.2, 0.25) is 0 Å². The molecule has 0 saturated heterocycles. The van der Waals surface area contributed by atoms with Gasteiger partial charge in [-0.15, -0.1) is 22.7 Å². The van der Waals surface area contributed by atoms with Crippen molar-refractivity contribution in [1.82, 2.24) is 9.97 Å². The van der Waals surface area contributed by atoms with Crippen molar-refractivity contribution < 1.29 is 0 Å². The Morgan fingerprint density at radius 2 is 1.12 bits per heavy atom. The van der Waals surface area contributed by atoms with E-state index in [1.165, 1.54) is 33.4 Å². The van der Waals surface area contributed by atoms with Crippen LogP contribution < -0.4 is 0 Å². The van der Waals surface area contributed by atoms with Crippen LogP contribution in [0.5, 0.6) is 0 Å². The minimum absolute atomic E-state index is 1.06. The summed E-state index contributed by atoms with van der Waals surface area (Å²) in [5, 5.41) is 6.19. The molecule has 2 aromatic carbocycles. The van der Waals surface area contributed by atoms with Gasteiger partial charge >= 0.3 is 0 Å². The lowest BCUT2D eigenvalue weighted by molar-refractivity contribution is 1.36. The first-order valence-corrected chi connectivity index (χ1v) is 9.51. The fourth-order valence-corrected chi connectivity index (χ4v) is 4.57. The normalized spacial score (nSPS) is 10.9. The van der Waals surface area contributed by atoms with E-state index in [1.807, 2.05) is 23.2 Å². The van der Waals surface area contributed by atoms with Gasteiger partial charge in [0.25, 0.3) is 0 Å². The standard InChI is InChI=1S/C20H16N2S2/c1-13-5-3-7-15(17(13)19-21-9-11-23-19)16-8-4-6-14(2)18(16)20-22-10-12-24-20/h3-12H,1-2H3. The number of rotatable bonds is 3. The molecule has 0 saturated carbocycles. The first-order chi connectivity index (χ1) is 11.8. The summed E-state index contributed by atoms with van der Waals surface area (Å²) in [5.74, 6) is 0. The zero-order valence-electron chi connectivity index (χ0n) is 13.5. The third-order valence-electron chi connectivity index (χ3n) is 4.13. The second-order valence-electron chi connectivity index (χ2n) is 5.67. The van der Waals surface area contributed by atoms with Crippen molar-refractivity contribution in [2.45, 2.75) is 13.8 Å². The lowest BCUT2D eigenvalue weighted by Gasteiger charge is -2.15. The zero-order valence-corrected chi connectivity index (χ0v) is 15.1. The molecule has 0 fully saturated rings. The highest BCUT2D eigenvalue weighted by Crippen LogP contribution is 2.41. The molecule has 0 radical (unpaired) electrons. The van der Waals surface area contributed by atoms with Gasteiger partial charge in [-0.2, -0.15) is 0 Å². The van der Waals surface area contributed by atoms with Gasteiger partial charge in [0.15, 0.2) is 0 Å². The summed E-state index contributed by atoms with van der Waals surface area (Å²) in [4.78, 5) is 9.11. The summed E-state index contributed by atoms with van der Waals surface area (Å²) >= 11 is 3.36. The summed E-state index contributed by atoms with van der Waals surface area (Å²) in [6, 6.07) is 12.9. The third kappa shape index (κ3) is 2.58. The quantitative estimate of drug-likeness (QED) is 0.439. The molecule has 4 rings (SSSR count). The topological polar surface area (TPSA) is 25.8 Å². The molecule has 0 aliphatic carbocycles. The number of hydrogen-bond acceptors (Lipinski definition) is 4. The van der Waals surface area contributed by atoms with Gasteiger partial charge in [0, 0.05) is 34.3 Å². The summed E-state index contributed by atoms with van der Waals surface area (Å²) in [6.07, 6.45) is 3.74. The van der Waals surface area contributed by atoms with Gasteiger partial charge < -0.3 is 0 Å². The van der Waals surface area contributed by atoms with Crippen LogP contribution in [0.2, 0.25) is 0 Å². The fourth-order valence-electron chi connectivity index (χ4n) is 3.05. The van der Waals surface area contributed by atoms with Gasteiger partial charge in [-0.25, -0.2) is 9.97 Å². The summed E-state index contributed by atoms with van der Waals surface area (Å²) < 4.78 is 0. The molecular weight excluding hydrogens is 332 g/mol. The Hall–Kier alpha value is -2.30. The average Bonchev–Trinajstić information content (AvgIpc) is 3.28. The molecule has 4 heteroatoms. The number of aromatic nitrogens is 2. The van der Waals surface area contributed by atoms with Gasteiger partial charge in [0.05, 0.1) is 0 Å². The molecule has 2 heterocycles. The molecule has 118 valence electrons. The summed E-state index contributed by atoms with van der Waals surface area (Å²) in [5.41, 5.74) is 7.37. The molecule has 0 unspecified atom stereocenters. The molecule has 0 aliphatic heterocycles. The largest absolute Gasteiger partial charge is 0.245 e. The van der Waals surface area contributed by atoms with Gasteiger partial charge in [-0.05, 0) is 36.1 Å². The van der Waals surface area contributed by atoms with E-state index in [0.29, 0.717) is 0 Å². The first-order valence-electron chi connectivity index (χ1n) is 7.75. The molecular formula is C20H16N2S2. The molecule has 2 nitrogen and oxygen atoms in total. The van der Waals surface area contributed by atoms with Gasteiger partial charge in [0.1, 0.15) is 10.0 Å². The van der Waals surface area contributed by atoms with E-state index in [-0.39, 0.29) is 0 Å². The maximum absolute atomic E-state index is 4.55. The highest BCUT2D eigenvalue weighted by atomic mass is 32.1. The van der Waals surface area contributed by atoms with Crippen LogP contribution in [0.25, 0.3) is 32.3 Å². The molecule has 4 aromatic rings. The van der Waals surface area contributed by atoms with E-state index in [2.05, 4.69) is 60.2 Å². The Kier molecular flexibility index (Phi) is 4.00. The maximum atomic E-state index is 4.55. The SMILES string of the molecule is Cc1cccc(-c2cccc(C)c2-c2nccs2)c1-c1nccs1. The molecule has 0 spiro atoms. The van der Waals surface area contributed by atoms with Crippen molar-refractivity contribution in [2.75, 3.05) is 0 Å². The Labute approximate surface area is 149 Å². The van der Waals surface area contributed by atoms with Crippen molar-refractivity contribution in [3.63, 3.8) is 0 Å². The van der Waals surface area contributed by atoms with Crippen LogP contribution >= 0.6 is 22.7 Å². The van der Waals surface area contributed by atoms with Crippen molar-refractivity contribution >= 4 is 22.7 Å². The Balaban J connectivity index is 2.03.